The van der Waals surface area contributed by atoms with Gasteiger partial charge in [0.25, 0.3) is 11.8 Å². The van der Waals surface area contributed by atoms with Crippen LogP contribution in [0.5, 0.6) is 0 Å². The number of rotatable bonds is 5. The number of carbonyl (C=O) groups is 2. The SMILES string of the molecule is Cc1cccc(CNC(=O)c2cncc(C(=O)NC3CCCCC3)c2)c1. The number of nitrogens with one attached hydrogen (secondary N) is 2. The van der Waals surface area contributed by atoms with Gasteiger partial charge in [-0.15, -0.1) is 0 Å². The molecular weight excluding hydrogens is 326 g/mol. The number of carbonyl (C=O) groups excluding carboxylic acids is 2. The predicted octanol–water partition coefficient (Wildman–Crippen LogP) is 3.38. The molecule has 1 fully saturated rings. The normalized spacial score (nSPS) is 14.7. The van der Waals surface area contributed by atoms with Crippen molar-refractivity contribution in [1.82, 2.24) is 15.6 Å². The fourth-order valence-corrected chi connectivity index (χ4v) is 3.31. The van der Waals surface area contributed by atoms with Gasteiger partial charge in [0.2, 0.25) is 0 Å². The molecule has 0 aliphatic heterocycles. The van der Waals surface area contributed by atoms with Gasteiger partial charge in [-0.05, 0) is 31.4 Å². The third kappa shape index (κ3) is 4.91. The lowest BCUT2D eigenvalue weighted by Crippen LogP contribution is -2.36. The number of nitrogens with zero attached hydrogens (tertiary/aromatic N) is 1. The van der Waals surface area contributed by atoms with Crippen LogP contribution < -0.4 is 10.6 Å². The largest absolute Gasteiger partial charge is 0.349 e. The van der Waals surface area contributed by atoms with Gasteiger partial charge in [0.1, 0.15) is 0 Å². The van der Waals surface area contributed by atoms with Crippen LogP contribution in [0.25, 0.3) is 0 Å². The van der Waals surface area contributed by atoms with E-state index in [1.54, 1.807) is 6.07 Å². The molecule has 136 valence electrons. The monoisotopic (exact) mass is 351 g/mol. The molecule has 5 heteroatoms. The lowest BCUT2D eigenvalue weighted by Gasteiger charge is -2.22. The fourth-order valence-electron chi connectivity index (χ4n) is 3.31. The highest BCUT2D eigenvalue weighted by Crippen LogP contribution is 2.18. The molecule has 1 saturated carbocycles. The zero-order valence-corrected chi connectivity index (χ0v) is 15.1. The maximum atomic E-state index is 12.4. The lowest BCUT2D eigenvalue weighted by atomic mass is 9.95. The van der Waals surface area contributed by atoms with E-state index in [1.165, 1.54) is 18.8 Å². The summed E-state index contributed by atoms with van der Waals surface area (Å²) in [7, 11) is 0. The number of hydrogen-bond donors (Lipinski definition) is 2. The summed E-state index contributed by atoms with van der Waals surface area (Å²) in [6.45, 7) is 2.46. The number of amides is 2. The summed E-state index contributed by atoms with van der Waals surface area (Å²) in [4.78, 5) is 28.9. The highest BCUT2D eigenvalue weighted by Gasteiger charge is 2.17. The second-order valence-electron chi connectivity index (χ2n) is 6.94. The highest BCUT2D eigenvalue weighted by atomic mass is 16.2. The first kappa shape index (κ1) is 18.1. The third-order valence-corrected chi connectivity index (χ3v) is 4.74. The van der Waals surface area contributed by atoms with E-state index in [0.717, 1.165) is 36.8 Å². The Balaban J connectivity index is 1.60. The minimum Gasteiger partial charge on any atom is -0.349 e. The molecule has 0 radical (unpaired) electrons. The predicted molar refractivity (Wildman–Crippen MR) is 101 cm³/mol. The molecule has 26 heavy (non-hydrogen) atoms. The van der Waals surface area contributed by atoms with E-state index in [2.05, 4.69) is 15.6 Å². The maximum absolute atomic E-state index is 12.4. The van der Waals surface area contributed by atoms with E-state index >= 15 is 0 Å². The zero-order valence-electron chi connectivity index (χ0n) is 15.1. The molecule has 0 atom stereocenters. The summed E-state index contributed by atoms with van der Waals surface area (Å²) < 4.78 is 0. The molecular formula is C21H25N3O2. The number of aromatic nitrogens is 1. The summed E-state index contributed by atoms with van der Waals surface area (Å²) in [5.74, 6) is -0.385. The van der Waals surface area contributed by atoms with Gasteiger partial charge in [0.05, 0.1) is 11.1 Å². The Morgan fingerprint density at radius 1 is 1.04 bits per heavy atom. The Morgan fingerprint density at radius 2 is 1.77 bits per heavy atom. The van der Waals surface area contributed by atoms with Crippen molar-refractivity contribution < 1.29 is 9.59 Å². The van der Waals surface area contributed by atoms with E-state index in [4.69, 9.17) is 0 Å². The Labute approximate surface area is 154 Å². The molecule has 5 nitrogen and oxygen atoms in total. The van der Waals surface area contributed by atoms with Gasteiger partial charge in [-0.1, -0.05) is 49.1 Å². The van der Waals surface area contributed by atoms with Crippen LogP contribution in [-0.2, 0) is 6.54 Å². The Morgan fingerprint density at radius 3 is 2.50 bits per heavy atom. The van der Waals surface area contributed by atoms with Gasteiger partial charge in [0, 0.05) is 25.0 Å². The molecule has 1 aromatic carbocycles. The summed E-state index contributed by atoms with van der Waals surface area (Å²) in [6.07, 6.45) is 8.60. The van der Waals surface area contributed by atoms with E-state index in [1.807, 2.05) is 31.2 Å². The first-order valence-corrected chi connectivity index (χ1v) is 9.21. The second kappa shape index (κ2) is 8.61. The van der Waals surface area contributed by atoms with Crippen molar-refractivity contribution in [2.45, 2.75) is 51.6 Å². The molecule has 1 heterocycles. The van der Waals surface area contributed by atoms with Crippen LogP contribution in [0.4, 0.5) is 0 Å². The second-order valence-corrected chi connectivity index (χ2v) is 6.94. The summed E-state index contributed by atoms with van der Waals surface area (Å²) in [5.41, 5.74) is 3.02. The quantitative estimate of drug-likeness (QED) is 0.867. The van der Waals surface area contributed by atoms with Crippen LogP contribution in [0.2, 0.25) is 0 Å². The van der Waals surface area contributed by atoms with Crippen LogP contribution in [0, 0.1) is 6.92 Å². The number of benzene rings is 1. The molecule has 1 aliphatic carbocycles. The Bertz CT molecular complexity index is 782. The van der Waals surface area contributed by atoms with Crippen molar-refractivity contribution in [3.63, 3.8) is 0 Å². The highest BCUT2D eigenvalue weighted by molar-refractivity contribution is 5.99. The van der Waals surface area contributed by atoms with Crippen molar-refractivity contribution in [3.05, 3.63) is 65.0 Å². The minimum atomic E-state index is -0.230. The van der Waals surface area contributed by atoms with E-state index < -0.39 is 0 Å². The number of aryl methyl sites for hydroxylation is 1. The summed E-state index contributed by atoms with van der Waals surface area (Å²) in [6, 6.07) is 9.83. The summed E-state index contributed by atoms with van der Waals surface area (Å²) >= 11 is 0. The van der Waals surface area contributed by atoms with E-state index in [0.29, 0.717) is 17.7 Å². The van der Waals surface area contributed by atoms with Gasteiger partial charge in [-0.3, -0.25) is 14.6 Å². The van der Waals surface area contributed by atoms with Crippen LogP contribution >= 0.6 is 0 Å². The smallest absolute Gasteiger partial charge is 0.253 e. The standard InChI is InChI=1S/C21H25N3O2/c1-15-6-5-7-16(10-15)12-23-20(25)17-11-18(14-22-13-17)21(26)24-19-8-3-2-4-9-19/h5-7,10-11,13-14,19H,2-4,8-9,12H2,1H3,(H,23,25)(H,24,26). The third-order valence-electron chi connectivity index (χ3n) is 4.74. The summed E-state index contributed by atoms with van der Waals surface area (Å²) in [5, 5.41) is 5.93. The van der Waals surface area contributed by atoms with Gasteiger partial charge in [-0.2, -0.15) is 0 Å². The molecule has 1 aliphatic rings. The fraction of sp³-hybridized carbons (Fsp3) is 0.381. The number of pyridine rings is 1. The first-order chi connectivity index (χ1) is 12.6. The van der Waals surface area contributed by atoms with Crippen LogP contribution in [0.3, 0.4) is 0 Å². The molecule has 2 N–H and O–H groups in total. The molecule has 1 aromatic heterocycles. The molecule has 0 unspecified atom stereocenters. The van der Waals surface area contributed by atoms with E-state index in [-0.39, 0.29) is 17.9 Å². The molecule has 2 aromatic rings. The van der Waals surface area contributed by atoms with Crippen LogP contribution in [-0.4, -0.2) is 22.8 Å². The van der Waals surface area contributed by atoms with Crippen LogP contribution in [0.1, 0.15) is 63.9 Å². The van der Waals surface area contributed by atoms with Crippen molar-refractivity contribution in [1.29, 1.82) is 0 Å². The Hall–Kier alpha value is -2.69. The molecule has 2 amide bonds. The van der Waals surface area contributed by atoms with Crippen molar-refractivity contribution >= 4 is 11.8 Å². The minimum absolute atomic E-state index is 0.155. The van der Waals surface area contributed by atoms with Gasteiger partial charge >= 0.3 is 0 Å². The van der Waals surface area contributed by atoms with Crippen molar-refractivity contribution in [2.24, 2.45) is 0 Å². The zero-order chi connectivity index (χ0) is 18.4. The topological polar surface area (TPSA) is 71.1 Å². The molecule has 0 spiro atoms. The van der Waals surface area contributed by atoms with Crippen molar-refractivity contribution in [2.75, 3.05) is 0 Å². The Kier molecular flexibility index (Phi) is 6.00. The molecule has 3 rings (SSSR count). The van der Waals surface area contributed by atoms with Crippen molar-refractivity contribution in [3.8, 4) is 0 Å². The van der Waals surface area contributed by atoms with Gasteiger partial charge in [-0.25, -0.2) is 0 Å². The lowest BCUT2D eigenvalue weighted by molar-refractivity contribution is 0.0927. The maximum Gasteiger partial charge on any atom is 0.253 e. The van der Waals surface area contributed by atoms with Crippen LogP contribution in [0.15, 0.2) is 42.7 Å². The first-order valence-electron chi connectivity index (χ1n) is 9.21. The molecule has 0 saturated heterocycles. The van der Waals surface area contributed by atoms with Gasteiger partial charge < -0.3 is 10.6 Å². The molecule has 0 bridgehead atoms. The number of hydrogen-bond acceptors (Lipinski definition) is 3. The van der Waals surface area contributed by atoms with Gasteiger partial charge in [0.15, 0.2) is 0 Å². The average Bonchev–Trinajstić information content (AvgIpc) is 2.67. The average molecular weight is 351 g/mol. The van der Waals surface area contributed by atoms with E-state index in [9.17, 15) is 9.59 Å².